The molecule has 0 aliphatic heterocycles. The van der Waals surface area contributed by atoms with Gasteiger partial charge in [-0.15, -0.1) is 11.3 Å². The molecule has 3 rings (SSSR count). The van der Waals surface area contributed by atoms with Gasteiger partial charge in [0, 0.05) is 18.3 Å². The van der Waals surface area contributed by atoms with Gasteiger partial charge >= 0.3 is 0 Å². The Morgan fingerprint density at radius 3 is 2.64 bits per heavy atom. The number of rotatable bonds is 10. The molecule has 1 aromatic heterocycles. The summed E-state index contributed by atoms with van der Waals surface area (Å²) in [7, 11) is 0. The first kappa shape index (κ1) is 20.1. The summed E-state index contributed by atoms with van der Waals surface area (Å²) in [4.78, 5) is 16.7. The van der Waals surface area contributed by atoms with E-state index in [9.17, 15) is 4.79 Å². The van der Waals surface area contributed by atoms with E-state index in [1.165, 1.54) is 11.1 Å². The fourth-order valence-corrected chi connectivity index (χ4v) is 3.62. The fraction of sp³-hybridized carbons (Fsp3) is 0.304. The van der Waals surface area contributed by atoms with E-state index in [0.29, 0.717) is 19.6 Å². The van der Waals surface area contributed by atoms with Crippen molar-refractivity contribution < 1.29 is 9.53 Å². The molecule has 0 saturated heterocycles. The van der Waals surface area contributed by atoms with E-state index in [0.717, 1.165) is 35.7 Å². The number of hydrogen-bond acceptors (Lipinski definition) is 4. The van der Waals surface area contributed by atoms with Gasteiger partial charge in [0.15, 0.2) is 0 Å². The topological polar surface area (TPSA) is 51.2 Å². The number of thiazole rings is 1. The van der Waals surface area contributed by atoms with Gasteiger partial charge in [-0.25, -0.2) is 4.98 Å². The Bertz CT molecular complexity index is 860. The number of unbranched alkanes of at least 4 members (excludes halogenated alkanes) is 1. The number of ether oxygens (including phenoxy) is 1. The number of amides is 1. The Labute approximate surface area is 170 Å². The van der Waals surface area contributed by atoms with Crippen LogP contribution in [0.4, 0.5) is 0 Å². The van der Waals surface area contributed by atoms with Gasteiger partial charge in [0.05, 0.1) is 23.7 Å². The lowest BCUT2D eigenvalue weighted by Gasteiger charge is -2.07. The zero-order chi connectivity index (χ0) is 19.6. The van der Waals surface area contributed by atoms with Crippen molar-refractivity contribution in [2.75, 3.05) is 13.2 Å². The maximum atomic E-state index is 12.1. The third-order valence-corrected chi connectivity index (χ3v) is 5.22. The monoisotopic (exact) mass is 394 g/mol. The quantitative estimate of drug-likeness (QED) is 0.513. The lowest BCUT2D eigenvalue weighted by atomic mass is 10.2. The minimum absolute atomic E-state index is 0.0241. The van der Waals surface area contributed by atoms with Crippen LogP contribution in [0.2, 0.25) is 0 Å². The molecule has 1 amide bonds. The molecule has 0 bridgehead atoms. The van der Waals surface area contributed by atoms with Gasteiger partial charge in [0.1, 0.15) is 5.75 Å². The zero-order valence-corrected chi connectivity index (χ0v) is 17.0. The van der Waals surface area contributed by atoms with E-state index in [4.69, 9.17) is 4.74 Å². The molecular weight excluding hydrogens is 368 g/mol. The first-order chi connectivity index (χ1) is 13.7. The average molecular weight is 395 g/mol. The minimum Gasteiger partial charge on any atom is -0.494 e. The second kappa shape index (κ2) is 10.6. The molecule has 4 nitrogen and oxygen atoms in total. The number of nitrogens with zero attached hydrogens (tertiary/aromatic N) is 1. The summed E-state index contributed by atoms with van der Waals surface area (Å²) >= 11 is 1.61. The molecular formula is C23H26N2O2S. The second-order valence-electron chi connectivity index (χ2n) is 6.79. The zero-order valence-electron chi connectivity index (χ0n) is 16.2. The van der Waals surface area contributed by atoms with Crippen molar-refractivity contribution >= 4 is 17.2 Å². The van der Waals surface area contributed by atoms with Crippen LogP contribution in [0.15, 0.2) is 60.0 Å². The lowest BCUT2D eigenvalue weighted by molar-refractivity contribution is -0.120. The summed E-state index contributed by atoms with van der Waals surface area (Å²) in [5, 5.41) is 5.99. The van der Waals surface area contributed by atoms with Gasteiger partial charge < -0.3 is 10.1 Å². The highest BCUT2D eigenvalue weighted by atomic mass is 32.1. The molecule has 3 aromatic rings. The number of nitrogens with one attached hydrogen (secondary N) is 1. The van der Waals surface area contributed by atoms with Crippen LogP contribution in [0.3, 0.4) is 0 Å². The van der Waals surface area contributed by atoms with Gasteiger partial charge in [-0.05, 0) is 37.5 Å². The first-order valence-electron chi connectivity index (χ1n) is 9.62. The van der Waals surface area contributed by atoms with E-state index in [1.807, 2.05) is 47.8 Å². The summed E-state index contributed by atoms with van der Waals surface area (Å²) in [5.41, 5.74) is 3.30. The Hall–Kier alpha value is -2.66. The van der Waals surface area contributed by atoms with Crippen LogP contribution in [0.25, 0.3) is 0 Å². The molecule has 1 N–H and O–H groups in total. The molecule has 0 aliphatic carbocycles. The molecule has 0 saturated carbocycles. The van der Waals surface area contributed by atoms with Crippen molar-refractivity contribution in [3.63, 3.8) is 0 Å². The normalized spacial score (nSPS) is 10.6. The predicted octanol–water partition coefficient (Wildman–Crippen LogP) is 4.56. The molecule has 146 valence electrons. The highest BCUT2D eigenvalue weighted by Gasteiger charge is 2.08. The molecule has 0 spiro atoms. The highest BCUT2D eigenvalue weighted by Crippen LogP contribution is 2.15. The van der Waals surface area contributed by atoms with E-state index < -0.39 is 0 Å². The minimum atomic E-state index is 0.0241. The smallest absolute Gasteiger partial charge is 0.226 e. The third-order valence-electron chi connectivity index (χ3n) is 4.32. The van der Waals surface area contributed by atoms with Crippen molar-refractivity contribution in [1.29, 1.82) is 0 Å². The fourth-order valence-electron chi connectivity index (χ4n) is 2.79. The van der Waals surface area contributed by atoms with Crippen LogP contribution < -0.4 is 10.1 Å². The van der Waals surface area contributed by atoms with E-state index in [1.54, 1.807) is 11.3 Å². The molecule has 0 unspecified atom stereocenters. The molecule has 5 heteroatoms. The predicted molar refractivity (Wildman–Crippen MR) is 114 cm³/mol. The molecule has 1 heterocycles. The van der Waals surface area contributed by atoms with Crippen molar-refractivity contribution in [3.8, 4) is 5.75 Å². The summed E-state index contributed by atoms with van der Waals surface area (Å²) in [6, 6.07) is 18.3. The van der Waals surface area contributed by atoms with Crippen molar-refractivity contribution in [2.45, 2.75) is 32.6 Å². The van der Waals surface area contributed by atoms with Gasteiger partial charge in [-0.2, -0.15) is 0 Å². The van der Waals surface area contributed by atoms with Crippen LogP contribution >= 0.6 is 11.3 Å². The van der Waals surface area contributed by atoms with Crippen molar-refractivity contribution in [2.24, 2.45) is 0 Å². The number of carbonyl (C=O) groups excluding carboxylic acids is 1. The van der Waals surface area contributed by atoms with Gasteiger partial charge in [0.25, 0.3) is 0 Å². The number of carbonyl (C=O) groups is 1. The van der Waals surface area contributed by atoms with Crippen molar-refractivity contribution in [3.05, 3.63) is 81.8 Å². The Morgan fingerprint density at radius 2 is 1.86 bits per heavy atom. The average Bonchev–Trinajstić information content (AvgIpc) is 3.13. The largest absolute Gasteiger partial charge is 0.494 e. The molecule has 0 atom stereocenters. The lowest BCUT2D eigenvalue weighted by Crippen LogP contribution is -2.26. The van der Waals surface area contributed by atoms with Gasteiger partial charge in [-0.3, -0.25) is 4.79 Å². The summed E-state index contributed by atoms with van der Waals surface area (Å²) < 4.78 is 5.69. The maximum absolute atomic E-state index is 12.1. The molecule has 2 aromatic carbocycles. The molecule has 0 aliphatic rings. The van der Waals surface area contributed by atoms with Crippen LogP contribution in [0.5, 0.6) is 5.75 Å². The van der Waals surface area contributed by atoms with Crippen LogP contribution in [0.1, 0.15) is 34.7 Å². The number of hydrogen-bond donors (Lipinski definition) is 1. The SMILES string of the molecule is Cc1ccc(OCCCCNC(=O)Cc2csc(Cc3ccccc3)n2)cc1. The number of benzene rings is 2. The first-order valence-corrected chi connectivity index (χ1v) is 10.5. The Morgan fingerprint density at radius 1 is 1.07 bits per heavy atom. The summed E-state index contributed by atoms with van der Waals surface area (Å²) in [6.07, 6.45) is 2.96. The molecule has 0 fully saturated rings. The van der Waals surface area contributed by atoms with Gasteiger partial charge in [0.2, 0.25) is 5.91 Å². The van der Waals surface area contributed by atoms with Crippen LogP contribution in [-0.2, 0) is 17.6 Å². The highest BCUT2D eigenvalue weighted by molar-refractivity contribution is 7.09. The summed E-state index contributed by atoms with van der Waals surface area (Å²) in [6.45, 7) is 3.38. The maximum Gasteiger partial charge on any atom is 0.226 e. The molecule has 28 heavy (non-hydrogen) atoms. The number of aryl methyl sites for hydroxylation is 1. The van der Waals surface area contributed by atoms with E-state index in [-0.39, 0.29) is 5.91 Å². The standard InChI is InChI=1S/C23H26N2O2S/c1-18-9-11-21(12-10-18)27-14-6-5-13-24-22(26)16-20-17-28-23(25-20)15-19-7-3-2-4-8-19/h2-4,7-12,17H,5-6,13-16H2,1H3,(H,24,26). The van der Waals surface area contributed by atoms with Crippen LogP contribution in [0, 0.1) is 6.92 Å². The second-order valence-corrected chi connectivity index (χ2v) is 7.73. The van der Waals surface area contributed by atoms with E-state index in [2.05, 4.69) is 29.4 Å². The Kier molecular flexibility index (Phi) is 7.62. The van der Waals surface area contributed by atoms with E-state index >= 15 is 0 Å². The summed E-state index contributed by atoms with van der Waals surface area (Å²) in [5.74, 6) is 0.917. The van der Waals surface area contributed by atoms with Gasteiger partial charge in [-0.1, -0.05) is 48.0 Å². The molecule has 0 radical (unpaired) electrons. The third kappa shape index (κ3) is 6.82. The Balaban J connectivity index is 1.30. The number of aromatic nitrogens is 1. The van der Waals surface area contributed by atoms with Crippen molar-refractivity contribution in [1.82, 2.24) is 10.3 Å². The van der Waals surface area contributed by atoms with Crippen LogP contribution in [-0.4, -0.2) is 24.0 Å².